The number of aliphatic hydroxyl groups is 1. The van der Waals surface area contributed by atoms with Crippen LogP contribution >= 0.6 is 19.3 Å². The van der Waals surface area contributed by atoms with Crippen molar-refractivity contribution >= 4 is 42.3 Å². The van der Waals surface area contributed by atoms with E-state index in [1.165, 1.54) is 30.0 Å². The van der Waals surface area contributed by atoms with Crippen molar-refractivity contribution in [1.82, 2.24) is 24.6 Å². The number of benzene rings is 1. The number of nitrogens with one attached hydrogen (secondary N) is 1. The number of alkyl halides is 2. The Morgan fingerprint density at radius 3 is 2.68 bits per heavy atom. The Bertz CT molecular complexity index is 1420. The molecule has 4 rings (SSSR count). The number of imidazole rings is 1. The zero-order chi connectivity index (χ0) is 29.9. The second-order valence-corrected chi connectivity index (χ2v) is 11.6. The van der Waals surface area contributed by atoms with E-state index in [1.807, 2.05) is 0 Å². The number of aliphatic hydroxyl groups excluding tert-OH is 1. The van der Waals surface area contributed by atoms with Crippen LogP contribution in [0.1, 0.15) is 25.9 Å². The minimum Gasteiger partial charge on any atom is -0.465 e. The predicted octanol–water partition coefficient (Wildman–Crippen LogP) is 3.15. The highest BCUT2D eigenvalue weighted by Crippen LogP contribution is 2.49. The third-order valence-corrected chi connectivity index (χ3v) is 8.42. The number of nitrogens with zero attached hydrogens (tertiary/aromatic N) is 5. The quantitative estimate of drug-likeness (QED) is 0.175. The Kier molecular flexibility index (Phi) is 9.52. The van der Waals surface area contributed by atoms with Gasteiger partial charge in [-0.2, -0.15) is 5.09 Å². The first kappa shape index (κ1) is 31.1. The van der Waals surface area contributed by atoms with Crippen LogP contribution in [0.5, 0.6) is 5.75 Å². The van der Waals surface area contributed by atoms with Crippen LogP contribution in [0, 0.1) is 6.92 Å². The van der Waals surface area contributed by atoms with Crippen LogP contribution in [-0.2, 0) is 23.4 Å². The van der Waals surface area contributed by atoms with Crippen molar-refractivity contribution in [2.24, 2.45) is 0 Å². The average molecular weight is 615 g/mol. The summed E-state index contributed by atoms with van der Waals surface area (Å²) in [4.78, 5) is 27.1. The first-order valence-electron chi connectivity index (χ1n) is 12.8. The summed E-state index contributed by atoms with van der Waals surface area (Å²) in [6.07, 6.45) is -3.85. The van der Waals surface area contributed by atoms with Gasteiger partial charge in [0.1, 0.15) is 29.3 Å². The van der Waals surface area contributed by atoms with E-state index in [4.69, 9.17) is 30.1 Å². The maximum Gasteiger partial charge on any atom is 0.459 e. The number of rotatable bonds is 12. The number of para-hydroxylation sites is 1. The summed E-state index contributed by atoms with van der Waals surface area (Å²) in [7, 11) is -0.764. The zero-order valence-electron chi connectivity index (χ0n) is 23.2. The summed E-state index contributed by atoms with van der Waals surface area (Å²) in [5.41, 5.74) is -1.17. The van der Waals surface area contributed by atoms with Crippen LogP contribution in [0.4, 0.5) is 10.2 Å². The van der Waals surface area contributed by atoms with E-state index in [9.17, 15) is 14.5 Å². The van der Waals surface area contributed by atoms with Crippen LogP contribution in [0.25, 0.3) is 11.2 Å². The fourth-order valence-corrected chi connectivity index (χ4v) is 6.11. The van der Waals surface area contributed by atoms with Crippen molar-refractivity contribution in [2.45, 2.75) is 50.9 Å². The van der Waals surface area contributed by atoms with Gasteiger partial charge in [-0.1, -0.05) is 18.2 Å². The Labute approximate surface area is 241 Å². The fraction of sp³-hybridized carbons (Fsp3) is 0.520. The molecule has 16 heteroatoms. The molecular formula is C25H33ClFN6O7P. The molecule has 2 N–H and O–H groups in total. The summed E-state index contributed by atoms with van der Waals surface area (Å²) >= 11 is 6.23. The third-order valence-electron chi connectivity index (χ3n) is 6.35. The van der Waals surface area contributed by atoms with E-state index in [0.717, 1.165) is 0 Å². The largest absolute Gasteiger partial charge is 0.465 e. The summed E-state index contributed by atoms with van der Waals surface area (Å²) in [6, 6.07) is 7.01. The maximum atomic E-state index is 15.7. The Morgan fingerprint density at radius 2 is 2.05 bits per heavy atom. The summed E-state index contributed by atoms with van der Waals surface area (Å²) < 4.78 is 53.2. The van der Waals surface area contributed by atoms with Crippen LogP contribution in [0.3, 0.4) is 0 Å². The number of aromatic nitrogens is 4. The molecule has 13 nitrogen and oxygen atoms in total. The molecule has 1 fully saturated rings. The highest BCUT2D eigenvalue weighted by atomic mass is 35.5. The number of esters is 1. The van der Waals surface area contributed by atoms with Gasteiger partial charge in [0.05, 0.1) is 25.4 Å². The number of hydrogen-bond donors (Lipinski definition) is 2. The van der Waals surface area contributed by atoms with Gasteiger partial charge in [0.25, 0.3) is 0 Å². The number of carbonyl (C=O) groups is 1. The molecular weight excluding hydrogens is 582 g/mol. The lowest BCUT2D eigenvalue weighted by Crippen LogP contribution is -2.48. The molecule has 0 radical (unpaired) electrons. The molecule has 1 aliphatic heterocycles. The first-order valence-corrected chi connectivity index (χ1v) is 14.9. The summed E-state index contributed by atoms with van der Waals surface area (Å²) in [5, 5.41) is 13.5. The SMILES string of the molecule is CCOC(=O)[C@@H](C)N[P@@](=O)(OC[C@@]1(CCl)O[C@@H](n2cnc3c(N(C)C)nc(C)nc32)[C@H](F)[C@@H]1O)Oc1ccccc1. The van der Waals surface area contributed by atoms with Crippen molar-refractivity contribution in [3.05, 3.63) is 42.5 Å². The Hall–Kier alpha value is -2.87. The average Bonchev–Trinajstić information content (AvgIpc) is 3.46. The number of ether oxygens (including phenoxy) is 2. The molecule has 41 heavy (non-hydrogen) atoms. The van der Waals surface area contributed by atoms with Crippen LogP contribution in [0.2, 0.25) is 0 Å². The Morgan fingerprint density at radius 1 is 1.34 bits per heavy atom. The molecule has 0 bridgehead atoms. The van der Waals surface area contributed by atoms with E-state index in [2.05, 4.69) is 20.0 Å². The molecule has 1 saturated heterocycles. The standard InChI is InChI=1S/C25H33ClFN6O7P/c1-6-37-24(35)15(2)31-41(36,40-17-10-8-7-9-11-17)38-13-25(12-26)20(34)18(27)23(39-25)33-14-28-19-21(32(4)5)29-16(3)30-22(19)33/h7-11,14-15,18,20,23,34H,6,12-13H2,1-5H3,(H,31,36)/t15-,18-,20+,23-,25-,41-/m1/s1. The van der Waals surface area contributed by atoms with Crippen molar-refractivity contribution in [1.29, 1.82) is 0 Å². The lowest BCUT2D eigenvalue weighted by molar-refractivity contribution is -0.144. The van der Waals surface area contributed by atoms with E-state index in [0.29, 0.717) is 17.2 Å². The van der Waals surface area contributed by atoms with Gasteiger partial charge in [0.2, 0.25) is 0 Å². The second kappa shape index (κ2) is 12.6. The predicted molar refractivity (Wildman–Crippen MR) is 149 cm³/mol. The number of anilines is 1. The van der Waals surface area contributed by atoms with Gasteiger partial charge in [-0.15, -0.1) is 11.6 Å². The fourth-order valence-electron chi connectivity index (χ4n) is 4.27. The van der Waals surface area contributed by atoms with Gasteiger partial charge >= 0.3 is 13.7 Å². The topological polar surface area (TPSA) is 150 Å². The maximum absolute atomic E-state index is 15.7. The molecule has 0 spiro atoms. The molecule has 6 atom stereocenters. The van der Waals surface area contributed by atoms with E-state index in [-0.39, 0.29) is 18.0 Å². The summed E-state index contributed by atoms with van der Waals surface area (Å²) in [5.74, 6) is -0.0157. The van der Waals surface area contributed by atoms with E-state index >= 15 is 4.39 Å². The number of halogens is 2. The third kappa shape index (κ3) is 6.47. The highest BCUT2D eigenvalue weighted by Gasteiger charge is 2.57. The minimum absolute atomic E-state index is 0.105. The van der Waals surface area contributed by atoms with Crippen molar-refractivity contribution in [3.63, 3.8) is 0 Å². The van der Waals surface area contributed by atoms with E-state index < -0.39 is 56.3 Å². The molecule has 3 heterocycles. The first-order chi connectivity index (χ1) is 19.4. The summed E-state index contributed by atoms with van der Waals surface area (Å²) in [6.45, 7) is 4.18. The normalized spacial score (nSPS) is 24.6. The number of fused-ring (bicyclic) bond motifs is 1. The molecule has 0 unspecified atom stereocenters. The van der Waals surface area contributed by atoms with Gasteiger partial charge in [-0.25, -0.2) is 23.9 Å². The van der Waals surface area contributed by atoms with Gasteiger partial charge in [-0.05, 0) is 32.9 Å². The van der Waals surface area contributed by atoms with Gasteiger partial charge in [0.15, 0.2) is 29.4 Å². The minimum atomic E-state index is -4.34. The van der Waals surface area contributed by atoms with Crippen LogP contribution in [0.15, 0.2) is 36.7 Å². The smallest absolute Gasteiger partial charge is 0.459 e. The van der Waals surface area contributed by atoms with Gasteiger partial charge < -0.3 is 24.0 Å². The zero-order valence-corrected chi connectivity index (χ0v) is 24.9. The molecule has 3 aromatic rings. The lowest BCUT2D eigenvalue weighted by atomic mass is 9.99. The number of aryl methyl sites for hydroxylation is 1. The van der Waals surface area contributed by atoms with Gasteiger partial charge in [0, 0.05) is 14.1 Å². The lowest BCUT2D eigenvalue weighted by Gasteiger charge is -2.31. The molecule has 0 aliphatic carbocycles. The van der Waals surface area contributed by atoms with E-state index in [1.54, 1.807) is 51.0 Å². The molecule has 224 valence electrons. The highest BCUT2D eigenvalue weighted by molar-refractivity contribution is 7.52. The molecule has 2 aromatic heterocycles. The number of hydrogen-bond acceptors (Lipinski definition) is 11. The molecule has 1 aromatic carbocycles. The van der Waals surface area contributed by atoms with Crippen molar-refractivity contribution in [3.8, 4) is 5.75 Å². The van der Waals surface area contributed by atoms with Gasteiger partial charge in [-0.3, -0.25) is 13.9 Å². The van der Waals surface area contributed by atoms with Crippen LogP contribution in [-0.4, -0.2) is 87.7 Å². The van der Waals surface area contributed by atoms with Crippen molar-refractivity contribution in [2.75, 3.05) is 38.1 Å². The molecule has 1 aliphatic rings. The van der Waals surface area contributed by atoms with Crippen LogP contribution < -0.4 is 14.5 Å². The number of carbonyl (C=O) groups excluding carboxylic acids is 1. The molecule has 0 amide bonds. The van der Waals surface area contributed by atoms with Crippen molar-refractivity contribution < 1.29 is 37.4 Å². The molecule has 0 saturated carbocycles. The monoisotopic (exact) mass is 614 g/mol. The second-order valence-electron chi connectivity index (χ2n) is 9.69. The Balaban J connectivity index is 1.62.